The molecular formula is C26H25N3O4. The van der Waals surface area contributed by atoms with E-state index >= 15 is 0 Å². The van der Waals surface area contributed by atoms with Gasteiger partial charge >= 0.3 is 0 Å². The van der Waals surface area contributed by atoms with Crippen LogP contribution in [-0.2, 0) is 6.54 Å². The number of benzene rings is 2. The van der Waals surface area contributed by atoms with Gasteiger partial charge in [0.05, 0.1) is 25.5 Å². The second-order valence-corrected chi connectivity index (χ2v) is 8.21. The molecular weight excluding hydrogens is 418 g/mol. The maximum atomic E-state index is 13.4. The lowest BCUT2D eigenvalue weighted by molar-refractivity contribution is 0.0717. The molecule has 7 nitrogen and oxygen atoms in total. The van der Waals surface area contributed by atoms with E-state index in [-0.39, 0.29) is 11.7 Å². The number of carbonyl (C=O) groups is 1. The molecule has 0 saturated heterocycles. The van der Waals surface area contributed by atoms with E-state index in [1.54, 1.807) is 17.2 Å². The predicted molar refractivity (Wildman–Crippen MR) is 123 cm³/mol. The molecule has 3 heterocycles. The van der Waals surface area contributed by atoms with Gasteiger partial charge in [0, 0.05) is 11.1 Å². The number of carbonyl (C=O) groups excluding carboxylic acids is 1. The molecule has 1 amide bonds. The van der Waals surface area contributed by atoms with Gasteiger partial charge in [-0.25, -0.2) is 0 Å². The Balaban J connectivity index is 1.62. The zero-order chi connectivity index (χ0) is 22.9. The molecule has 1 aliphatic rings. The highest BCUT2D eigenvalue weighted by molar-refractivity contribution is 6.00. The van der Waals surface area contributed by atoms with Gasteiger partial charge in [-0.3, -0.25) is 9.89 Å². The summed E-state index contributed by atoms with van der Waals surface area (Å²) in [5.41, 5.74) is 4.24. The predicted octanol–water partition coefficient (Wildman–Crippen LogP) is 5.22. The van der Waals surface area contributed by atoms with Crippen LogP contribution < -0.4 is 4.74 Å². The highest BCUT2D eigenvalue weighted by atomic mass is 16.5. The Morgan fingerprint density at radius 1 is 1.18 bits per heavy atom. The van der Waals surface area contributed by atoms with Crippen LogP contribution in [0, 0.1) is 6.92 Å². The molecule has 0 bridgehead atoms. The largest absolute Gasteiger partial charge is 0.507 e. The highest BCUT2D eigenvalue weighted by Gasteiger charge is 2.42. The maximum Gasteiger partial charge on any atom is 0.273 e. The van der Waals surface area contributed by atoms with Crippen molar-refractivity contribution in [2.75, 3.05) is 6.61 Å². The molecule has 0 radical (unpaired) electrons. The van der Waals surface area contributed by atoms with E-state index in [1.807, 2.05) is 55.5 Å². The lowest BCUT2D eigenvalue weighted by Gasteiger charge is -2.26. The first-order valence-electron chi connectivity index (χ1n) is 11.0. The minimum atomic E-state index is -0.397. The van der Waals surface area contributed by atoms with Crippen molar-refractivity contribution < 1.29 is 19.1 Å². The molecule has 0 fully saturated rings. The third kappa shape index (κ3) is 3.75. The number of hydrogen-bond acceptors (Lipinski definition) is 5. The standard InChI is InChI=1S/C26H25N3O4/c1-3-12-32-18-9-7-17(8-10-18)25-22-23(20-14-16(2)6-11-21(20)30)27-28-24(22)26(31)29(25)15-19-5-4-13-33-19/h4-11,13-14,25,30H,3,12,15H2,1-2H3,(H,27,28)/t25-/m0/s1. The first-order chi connectivity index (χ1) is 16.1. The molecule has 168 valence electrons. The van der Waals surface area contributed by atoms with Crippen molar-refractivity contribution >= 4 is 5.91 Å². The van der Waals surface area contributed by atoms with Crippen molar-refractivity contribution in [2.24, 2.45) is 0 Å². The van der Waals surface area contributed by atoms with Crippen LogP contribution in [0.2, 0.25) is 0 Å². The number of H-pyrrole nitrogens is 1. The van der Waals surface area contributed by atoms with Gasteiger partial charge in [-0.1, -0.05) is 30.7 Å². The number of amides is 1. The Bertz CT molecular complexity index is 1280. The number of fused-ring (bicyclic) bond motifs is 1. The minimum Gasteiger partial charge on any atom is -0.507 e. The molecule has 1 atom stereocenters. The number of nitrogens with one attached hydrogen (secondary N) is 1. The number of nitrogens with zero attached hydrogens (tertiary/aromatic N) is 2. The number of hydrogen-bond donors (Lipinski definition) is 2. The topological polar surface area (TPSA) is 91.6 Å². The van der Waals surface area contributed by atoms with Crippen molar-refractivity contribution in [3.8, 4) is 22.8 Å². The number of phenolic OH excluding ortho intramolecular Hbond substituents is 1. The third-order valence-corrected chi connectivity index (χ3v) is 5.85. The first kappa shape index (κ1) is 20.9. The van der Waals surface area contributed by atoms with Crippen LogP contribution in [0.3, 0.4) is 0 Å². The number of aromatic amines is 1. The van der Waals surface area contributed by atoms with Gasteiger partial charge < -0.3 is 19.2 Å². The second kappa shape index (κ2) is 8.50. The van der Waals surface area contributed by atoms with Crippen LogP contribution in [-0.4, -0.2) is 32.7 Å². The SMILES string of the molecule is CCCOc1ccc([C@H]2c3c(-c4cc(C)ccc4O)n[nH]c3C(=O)N2Cc2ccco2)cc1. The van der Waals surface area contributed by atoms with Gasteiger partial charge in [-0.15, -0.1) is 0 Å². The zero-order valence-electron chi connectivity index (χ0n) is 18.5. The Kier molecular flexibility index (Phi) is 5.38. The number of rotatable bonds is 7. The van der Waals surface area contributed by atoms with E-state index in [4.69, 9.17) is 9.15 Å². The Labute approximate surface area is 191 Å². The van der Waals surface area contributed by atoms with Crippen molar-refractivity contribution in [3.05, 3.63) is 89.0 Å². The van der Waals surface area contributed by atoms with Gasteiger partial charge in [-0.2, -0.15) is 5.10 Å². The van der Waals surface area contributed by atoms with Crippen LogP contribution >= 0.6 is 0 Å². The van der Waals surface area contributed by atoms with Gasteiger partial charge in [0.1, 0.15) is 28.6 Å². The van der Waals surface area contributed by atoms with E-state index in [1.165, 1.54) is 0 Å². The van der Waals surface area contributed by atoms with Crippen LogP contribution in [0.1, 0.15) is 52.3 Å². The number of aromatic hydroxyl groups is 1. The molecule has 2 N–H and O–H groups in total. The molecule has 0 unspecified atom stereocenters. The first-order valence-corrected chi connectivity index (χ1v) is 11.0. The molecule has 4 aromatic rings. The van der Waals surface area contributed by atoms with Gasteiger partial charge in [0.25, 0.3) is 5.91 Å². The molecule has 33 heavy (non-hydrogen) atoms. The molecule has 2 aromatic heterocycles. The molecule has 0 aliphatic carbocycles. The summed E-state index contributed by atoms with van der Waals surface area (Å²) in [5.74, 6) is 1.43. The van der Waals surface area contributed by atoms with Crippen molar-refractivity contribution in [2.45, 2.75) is 32.9 Å². The molecule has 0 spiro atoms. The van der Waals surface area contributed by atoms with Crippen LogP contribution in [0.25, 0.3) is 11.3 Å². The van der Waals surface area contributed by atoms with E-state index in [0.717, 1.165) is 28.9 Å². The maximum absolute atomic E-state index is 13.4. The Morgan fingerprint density at radius 2 is 2.00 bits per heavy atom. The molecule has 2 aromatic carbocycles. The summed E-state index contributed by atoms with van der Waals surface area (Å²) >= 11 is 0. The van der Waals surface area contributed by atoms with Crippen molar-refractivity contribution in [3.63, 3.8) is 0 Å². The lowest BCUT2D eigenvalue weighted by atomic mass is 9.95. The fourth-order valence-corrected chi connectivity index (χ4v) is 4.29. The van der Waals surface area contributed by atoms with Gasteiger partial charge in [0.15, 0.2) is 0 Å². The molecule has 7 heteroatoms. The summed E-state index contributed by atoms with van der Waals surface area (Å²) in [6.07, 6.45) is 2.53. The van der Waals surface area contributed by atoms with Crippen molar-refractivity contribution in [1.82, 2.24) is 15.1 Å². The zero-order valence-corrected chi connectivity index (χ0v) is 18.5. The monoisotopic (exact) mass is 443 g/mol. The smallest absolute Gasteiger partial charge is 0.273 e. The van der Waals surface area contributed by atoms with Gasteiger partial charge in [0.2, 0.25) is 0 Å². The third-order valence-electron chi connectivity index (χ3n) is 5.85. The average molecular weight is 444 g/mol. The summed E-state index contributed by atoms with van der Waals surface area (Å²) in [6.45, 7) is 4.98. The van der Waals surface area contributed by atoms with E-state index < -0.39 is 6.04 Å². The fourth-order valence-electron chi connectivity index (χ4n) is 4.29. The minimum absolute atomic E-state index is 0.119. The summed E-state index contributed by atoms with van der Waals surface area (Å²) in [4.78, 5) is 15.2. The highest BCUT2D eigenvalue weighted by Crippen LogP contribution is 2.45. The normalized spacial score (nSPS) is 15.2. The Hall–Kier alpha value is -4.00. The second-order valence-electron chi connectivity index (χ2n) is 8.21. The summed E-state index contributed by atoms with van der Waals surface area (Å²) in [7, 11) is 0. The number of ether oxygens (including phenoxy) is 1. The van der Waals surface area contributed by atoms with Gasteiger partial charge in [-0.05, 0) is 55.3 Å². The quantitative estimate of drug-likeness (QED) is 0.409. The summed E-state index contributed by atoms with van der Waals surface area (Å²) < 4.78 is 11.3. The number of aromatic nitrogens is 2. The fraction of sp³-hybridized carbons (Fsp3) is 0.231. The van der Waals surface area contributed by atoms with Crippen LogP contribution in [0.15, 0.2) is 65.3 Å². The summed E-state index contributed by atoms with van der Waals surface area (Å²) in [5, 5.41) is 17.9. The molecule has 0 saturated carbocycles. The van der Waals surface area contributed by atoms with Crippen LogP contribution in [0.4, 0.5) is 0 Å². The number of furan rings is 1. The van der Waals surface area contributed by atoms with E-state index in [0.29, 0.717) is 35.9 Å². The van der Waals surface area contributed by atoms with Crippen molar-refractivity contribution in [1.29, 1.82) is 0 Å². The number of aryl methyl sites for hydroxylation is 1. The molecule has 5 rings (SSSR count). The lowest BCUT2D eigenvalue weighted by Crippen LogP contribution is -2.29. The average Bonchev–Trinajstić information content (AvgIpc) is 3.54. The Morgan fingerprint density at radius 3 is 2.73 bits per heavy atom. The van der Waals surface area contributed by atoms with E-state index in [9.17, 15) is 9.90 Å². The summed E-state index contributed by atoms with van der Waals surface area (Å²) in [6, 6.07) is 16.4. The van der Waals surface area contributed by atoms with Crippen LogP contribution in [0.5, 0.6) is 11.5 Å². The molecule has 1 aliphatic heterocycles. The van der Waals surface area contributed by atoms with E-state index in [2.05, 4.69) is 17.1 Å². The number of phenols is 1.